The summed E-state index contributed by atoms with van der Waals surface area (Å²) in [6.07, 6.45) is -3.80. The fourth-order valence-electron chi connectivity index (χ4n) is 3.02. The number of nitrogens with zero attached hydrogens (tertiary/aromatic N) is 4. The van der Waals surface area contributed by atoms with Crippen LogP contribution in [0.5, 0.6) is 5.75 Å². The van der Waals surface area contributed by atoms with Crippen LogP contribution in [0.4, 0.5) is 19.1 Å². The Bertz CT molecular complexity index is 854. The molecule has 2 heterocycles. The summed E-state index contributed by atoms with van der Waals surface area (Å²) in [5.74, 6) is 0.557. The van der Waals surface area contributed by atoms with Gasteiger partial charge in [0.05, 0.1) is 26.1 Å². The molecule has 8 nitrogen and oxygen atoms in total. The molecule has 0 atom stereocenters. The molecule has 0 saturated carbocycles. The molecule has 1 fully saturated rings. The van der Waals surface area contributed by atoms with Crippen molar-refractivity contribution >= 4 is 23.6 Å². The fraction of sp³-hybridized carbons (Fsp3) is 0.526. The van der Waals surface area contributed by atoms with Crippen molar-refractivity contribution in [3.05, 3.63) is 29.8 Å². The molecule has 2 aromatic rings. The normalized spacial score (nSPS) is 14.5. The predicted molar refractivity (Wildman–Crippen MR) is 110 cm³/mol. The maximum absolute atomic E-state index is 13.1. The van der Waals surface area contributed by atoms with Crippen LogP contribution < -0.4 is 15.0 Å². The van der Waals surface area contributed by atoms with Gasteiger partial charge in [-0.2, -0.15) is 13.2 Å². The smallest absolute Gasteiger partial charge is 0.406 e. The van der Waals surface area contributed by atoms with Crippen molar-refractivity contribution in [2.75, 3.05) is 50.6 Å². The van der Waals surface area contributed by atoms with Crippen molar-refractivity contribution in [3.8, 4) is 5.75 Å². The van der Waals surface area contributed by atoms with Gasteiger partial charge in [0.2, 0.25) is 11.9 Å². The molecule has 3 rings (SSSR count). The highest BCUT2D eigenvalue weighted by Gasteiger charge is 2.33. The summed E-state index contributed by atoms with van der Waals surface area (Å²) in [4.78, 5) is 13.9. The van der Waals surface area contributed by atoms with E-state index in [9.17, 15) is 18.0 Å². The largest absolute Gasteiger partial charge is 0.497 e. The van der Waals surface area contributed by atoms with E-state index in [0.29, 0.717) is 39.3 Å². The number of aromatic nitrogens is 3. The summed E-state index contributed by atoms with van der Waals surface area (Å²) in [5.41, 5.74) is 1.04. The molecule has 0 unspecified atom stereocenters. The molecule has 0 bridgehead atoms. The van der Waals surface area contributed by atoms with Gasteiger partial charge in [-0.3, -0.25) is 9.36 Å². The molecular formula is C19H24F3N5O3S. The molecule has 170 valence electrons. The lowest BCUT2D eigenvalue weighted by atomic mass is 10.1. The number of amides is 1. The molecule has 1 saturated heterocycles. The van der Waals surface area contributed by atoms with E-state index < -0.39 is 12.7 Å². The second kappa shape index (κ2) is 10.7. The van der Waals surface area contributed by atoms with Gasteiger partial charge in [0, 0.05) is 19.6 Å². The minimum atomic E-state index is -4.43. The van der Waals surface area contributed by atoms with Crippen molar-refractivity contribution in [3.63, 3.8) is 0 Å². The predicted octanol–water partition coefficient (Wildman–Crippen LogP) is 2.14. The van der Waals surface area contributed by atoms with E-state index in [1.54, 1.807) is 12.0 Å². The number of methoxy groups -OCH3 is 1. The van der Waals surface area contributed by atoms with Crippen LogP contribution in [-0.4, -0.2) is 72.6 Å². The Labute approximate surface area is 182 Å². The van der Waals surface area contributed by atoms with Crippen molar-refractivity contribution in [1.82, 2.24) is 20.1 Å². The van der Waals surface area contributed by atoms with E-state index in [2.05, 4.69) is 15.5 Å². The van der Waals surface area contributed by atoms with Crippen LogP contribution in [0.15, 0.2) is 29.4 Å². The standard InChI is InChI=1S/C19H24F3N5O3S/c1-29-15-4-2-14(3-5-15)6-7-23-16(28)12-31-18-25-24-17(26-8-10-30-11-9-26)27(18)13-19(20,21)22/h2-5H,6-13H2,1H3,(H,23,28). The van der Waals surface area contributed by atoms with Crippen molar-refractivity contribution < 1.29 is 27.4 Å². The topological polar surface area (TPSA) is 81.5 Å². The molecule has 12 heteroatoms. The molecule has 1 N–H and O–H groups in total. The number of hydrogen-bond acceptors (Lipinski definition) is 7. The third-order valence-electron chi connectivity index (χ3n) is 4.56. The molecule has 0 spiro atoms. The molecule has 1 aliphatic heterocycles. The second-order valence-electron chi connectivity index (χ2n) is 6.82. The quantitative estimate of drug-likeness (QED) is 0.576. The highest BCUT2D eigenvalue weighted by Crippen LogP contribution is 2.27. The number of thioether (sulfide) groups is 1. The van der Waals surface area contributed by atoms with E-state index in [4.69, 9.17) is 9.47 Å². The summed E-state index contributed by atoms with van der Waals surface area (Å²) in [6, 6.07) is 7.50. The van der Waals surface area contributed by atoms with Gasteiger partial charge in [-0.25, -0.2) is 0 Å². The van der Waals surface area contributed by atoms with Gasteiger partial charge in [-0.05, 0) is 24.1 Å². The number of morpholine rings is 1. The van der Waals surface area contributed by atoms with Gasteiger partial charge >= 0.3 is 6.18 Å². The van der Waals surface area contributed by atoms with Crippen LogP contribution >= 0.6 is 11.8 Å². The van der Waals surface area contributed by atoms with E-state index in [0.717, 1.165) is 27.6 Å². The highest BCUT2D eigenvalue weighted by atomic mass is 32.2. The molecule has 1 aliphatic rings. The van der Waals surface area contributed by atoms with Gasteiger partial charge < -0.3 is 19.7 Å². The Morgan fingerprint density at radius 1 is 1.23 bits per heavy atom. The van der Waals surface area contributed by atoms with Crippen LogP contribution in [0, 0.1) is 0 Å². The number of alkyl halides is 3. The lowest BCUT2D eigenvalue weighted by Crippen LogP contribution is -2.38. The lowest BCUT2D eigenvalue weighted by molar-refractivity contribution is -0.141. The van der Waals surface area contributed by atoms with Crippen molar-refractivity contribution in [2.45, 2.75) is 24.3 Å². The summed E-state index contributed by atoms with van der Waals surface area (Å²) in [5, 5.41) is 10.7. The van der Waals surface area contributed by atoms with Crippen LogP contribution in [0.25, 0.3) is 0 Å². The maximum atomic E-state index is 13.1. The Morgan fingerprint density at radius 2 is 1.94 bits per heavy atom. The first-order chi connectivity index (χ1) is 14.9. The Balaban J connectivity index is 1.54. The van der Waals surface area contributed by atoms with E-state index in [1.807, 2.05) is 24.3 Å². The first kappa shape index (κ1) is 23.2. The molecule has 1 amide bonds. The zero-order valence-electron chi connectivity index (χ0n) is 17.0. The number of carbonyl (C=O) groups excluding carboxylic acids is 1. The van der Waals surface area contributed by atoms with E-state index in [-0.39, 0.29) is 22.8 Å². The van der Waals surface area contributed by atoms with Gasteiger partial charge in [-0.1, -0.05) is 23.9 Å². The summed E-state index contributed by atoms with van der Waals surface area (Å²) in [7, 11) is 1.59. The number of halogens is 3. The summed E-state index contributed by atoms with van der Waals surface area (Å²) >= 11 is 0.935. The average molecular weight is 459 g/mol. The van der Waals surface area contributed by atoms with Crippen LogP contribution in [0.3, 0.4) is 0 Å². The molecule has 31 heavy (non-hydrogen) atoms. The number of benzene rings is 1. The number of rotatable bonds is 9. The number of hydrogen-bond donors (Lipinski definition) is 1. The average Bonchev–Trinajstić information content (AvgIpc) is 3.14. The minimum absolute atomic E-state index is 0.0539. The first-order valence-electron chi connectivity index (χ1n) is 9.71. The van der Waals surface area contributed by atoms with Gasteiger partial charge in [0.1, 0.15) is 12.3 Å². The molecule has 0 aliphatic carbocycles. The van der Waals surface area contributed by atoms with E-state index >= 15 is 0 Å². The lowest BCUT2D eigenvalue weighted by Gasteiger charge is -2.28. The van der Waals surface area contributed by atoms with Crippen LogP contribution in [0.2, 0.25) is 0 Å². The molecule has 0 radical (unpaired) electrons. The Kier molecular flexibility index (Phi) is 8.02. The molecular weight excluding hydrogens is 435 g/mol. The second-order valence-corrected chi connectivity index (χ2v) is 7.76. The van der Waals surface area contributed by atoms with Crippen molar-refractivity contribution in [2.24, 2.45) is 0 Å². The van der Waals surface area contributed by atoms with Gasteiger partial charge in [0.25, 0.3) is 0 Å². The third kappa shape index (κ3) is 7.03. The van der Waals surface area contributed by atoms with Gasteiger partial charge in [-0.15, -0.1) is 10.2 Å². The molecule has 1 aromatic heterocycles. The Hall–Kier alpha value is -2.47. The fourth-order valence-corrected chi connectivity index (χ4v) is 3.79. The number of nitrogens with one attached hydrogen (secondary N) is 1. The molecule has 1 aromatic carbocycles. The summed E-state index contributed by atoms with van der Waals surface area (Å²) in [6.45, 7) is 0.906. The van der Waals surface area contributed by atoms with Crippen LogP contribution in [0.1, 0.15) is 5.56 Å². The van der Waals surface area contributed by atoms with Gasteiger partial charge in [0.15, 0.2) is 5.16 Å². The zero-order chi connectivity index (χ0) is 22.3. The SMILES string of the molecule is COc1ccc(CCNC(=O)CSc2nnc(N3CCOCC3)n2CC(F)(F)F)cc1. The van der Waals surface area contributed by atoms with Crippen molar-refractivity contribution in [1.29, 1.82) is 0 Å². The number of carbonyl (C=O) groups is 1. The minimum Gasteiger partial charge on any atom is -0.497 e. The highest BCUT2D eigenvalue weighted by molar-refractivity contribution is 7.99. The number of anilines is 1. The first-order valence-corrected chi connectivity index (χ1v) is 10.7. The van der Waals surface area contributed by atoms with Crippen LogP contribution in [-0.2, 0) is 22.5 Å². The monoisotopic (exact) mass is 459 g/mol. The Morgan fingerprint density at radius 3 is 2.58 bits per heavy atom. The zero-order valence-corrected chi connectivity index (χ0v) is 17.8. The number of ether oxygens (including phenoxy) is 2. The third-order valence-corrected chi connectivity index (χ3v) is 5.52. The summed E-state index contributed by atoms with van der Waals surface area (Å²) < 4.78 is 50.7. The maximum Gasteiger partial charge on any atom is 0.406 e. The van der Waals surface area contributed by atoms with E-state index in [1.165, 1.54) is 0 Å².